The topological polar surface area (TPSA) is 32.3 Å². The van der Waals surface area contributed by atoms with E-state index in [2.05, 4.69) is 10.2 Å². The van der Waals surface area contributed by atoms with Gasteiger partial charge >= 0.3 is 0 Å². The Bertz CT molecular complexity index is 829. The zero-order valence-electron chi connectivity index (χ0n) is 17.2. The van der Waals surface area contributed by atoms with Crippen molar-refractivity contribution in [3.8, 4) is 0 Å². The van der Waals surface area contributed by atoms with Gasteiger partial charge in [-0.3, -0.25) is 4.79 Å². The summed E-state index contributed by atoms with van der Waals surface area (Å²) in [6.07, 6.45) is 5.82. The molecule has 1 saturated carbocycles. The first-order chi connectivity index (χ1) is 14.1. The molecule has 1 heterocycles. The Hall–Kier alpha value is -2.20. The van der Waals surface area contributed by atoms with Crippen LogP contribution >= 0.6 is 0 Å². The van der Waals surface area contributed by atoms with Crippen molar-refractivity contribution >= 4 is 5.91 Å². The molecule has 4 rings (SSSR count). The highest BCUT2D eigenvalue weighted by molar-refractivity contribution is 5.94. The molecule has 2 aromatic rings. The molecule has 2 fully saturated rings. The van der Waals surface area contributed by atoms with E-state index >= 15 is 0 Å². The highest BCUT2D eigenvalue weighted by atomic mass is 19.1. The van der Waals surface area contributed by atoms with Crippen molar-refractivity contribution in [3.05, 3.63) is 71.0 Å². The van der Waals surface area contributed by atoms with E-state index in [1.54, 1.807) is 12.1 Å². The Morgan fingerprint density at radius 3 is 2.55 bits per heavy atom. The average molecular weight is 395 g/mol. The predicted octanol–water partition coefficient (Wildman–Crippen LogP) is 4.91. The summed E-state index contributed by atoms with van der Waals surface area (Å²) in [5.41, 5.74) is 2.97. The van der Waals surface area contributed by atoms with Crippen molar-refractivity contribution in [2.24, 2.45) is 5.92 Å². The van der Waals surface area contributed by atoms with E-state index in [1.807, 2.05) is 37.3 Å². The molecule has 1 N–H and O–H groups in total. The number of hydrogen-bond donors (Lipinski definition) is 1. The second-order valence-electron chi connectivity index (χ2n) is 8.70. The summed E-state index contributed by atoms with van der Waals surface area (Å²) in [5, 5.41) is 3.47. The van der Waals surface area contributed by atoms with E-state index in [-0.39, 0.29) is 17.6 Å². The van der Waals surface area contributed by atoms with Crippen LogP contribution in [0.3, 0.4) is 0 Å². The fraction of sp³-hybridized carbons (Fsp3) is 0.480. The van der Waals surface area contributed by atoms with E-state index in [0.29, 0.717) is 12.0 Å². The Labute approximate surface area is 173 Å². The SMILES string of the molecule is Cc1ccc(C(=O)N(CC2CNCC2c2cccc(F)c2)C2CCCCC2)cc1. The molecule has 2 aliphatic rings. The normalized spacial score (nSPS) is 22.6. The molecule has 1 aliphatic carbocycles. The molecule has 0 radical (unpaired) electrons. The Balaban J connectivity index is 1.57. The quantitative estimate of drug-likeness (QED) is 0.781. The van der Waals surface area contributed by atoms with Gasteiger partial charge in [0.05, 0.1) is 0 Å². The molecule has 2 atom stereocenters. The van der Waals surface area contributed by atoms with Gasteiger partial charge in [-0.2, -0.15) is 0 Å². The van der Waals surface area contributed by atoms with Gasteiger partial charge in [0.2, 0.25) is 0 Å². The smallest absolute Gasteiger partial charge is 0.254 e. The van der Waals surface area contributed by atoms with Gasteiger partial charge in [-0.25, -0.2) is 4.39 Å². The lowest BCUT2D eigenvalue weighted by molar-refractivity contribution is 0.0592. The van der Waals surface area contributed by atoms with Crippen LogP contribution in [-0.2, 0) is 0 Å². The number of benzene rings is 2. The summed E-state index contributed by atoms with van der Waals surface area (Å²) in [5.74, 6) is 0.491. The average Bonchev–Trinajstić information content (AvgIpc) is 3.21. The first kappa shape index (κ1) is 20.1. The molecular weight excluding hydrogens is 363 g/mol. The van der Waals surface area contributed by atoms with E-state index in [4.69, 9.17) is 0 Å². The molecule has 1 amide bonds. The van der Waals surface area contributed by atoms with Gasteiger partial charge in [0.1, 0.15) is 5.82 Å². The lowest BCUT2D eigenvalue weighted by atomic mass is 9.86. The number of aryl methyl sites for hydroxylation is 1. The largest absolute Gasteiger partial charge is 0.335 e. The van der Waals surface area contributed by atoms with Crippen molar-refractivity contribution in [1.29, 1.82) is 0 Å². The van der Waals surface area contributed by atoms with E-state index < -0.39 is 0 Å². The van der Waals surface area contributed by atoms with Crippen molar-refractivity contribution < 1.29 is 9.18 Å². The second kappa shape index (κ2) is 9.08. The number of rotatable bonds is 5. The van der Waals surface area contributed by atoms with Gasteiger partial charge in [0.25, 0.3) is 5.91 Å². The summed E-state index contributed by atoms with van der Waals surface area (Å²) in [7, 11) is 0. The van der Waals surface area contributed by atoms with Crippen LogP contribution in [0.15, 0.2) is 48.5 Å². The molecule has 29 heavy (non-hydrogen) atoms. The highest BCUT2D eigenvalue weighted by Gasteiger charge is 2.34. The molecule has 0 spiro atoms. The van der Waals surface area contributed by atoms with Crippen LogP contribution in [0.2, 0.25) is 0 Å². The van der Waals surface area contributed by atoms with Crippen molar-refractivity contribution in [2.75, 3.05) is 19.6 Å². The Morgan fingerprint density at radius 2 is 1.83 bits per heavy atom. The van der Waals surface area contributed by atoms with Gasteiger partial charge in [-0.15, -0.1) is 0 Å². The molecule has 2 aromatic carbocycles. The summed E-state index contributed by atoms with van der Waals surface area (Å²) in [6.45, 7) is 4.48. The van der Waals surface area contributed by atoms with Gasteiger partial charge in [-0.05, 0) is 55.5 Å². The van der Waals surface area contributed by atoms with Crippen LogP contribution in [0, 0.1) is 18.7 Å². The van der Waals surface area contributed by atoms with Crippen molar-refractivity contribution in [3.63, 3.8) is 0 Å². The second-order valence-corrected chi connectivity index (χ2v) is 8.70. The van der Waals surface area contributed by atoms with Crippen LogP contribution in [0.5, 0.6) is 0 Å². The Morgan fingerprint density at radius 1 is 1.07 bits per heavy atom. The summed E-state index contributed by atoms with van der Waals surface area (Å²) in [4.78, 5) is 15.6. The number of hydrogen-bond acceptors (Lipinski definition) is 2. The van der Waals surface area contributed by atoms with Crippen LogP contribution in [-0.4, -0.2) is 36.5 Å². The van der Waals surface area contributed by atoms with E-state index in [1.165, 1.54) is 25.3 Å². The molecule has 1 saturated heterocycles. The maximum atomic E-state index is 13.8. The van der Waals surface area contributed by atoms with Crippen LogP contribution < -0.4 is 5.32 Å². The van der Waals surface area contributed by atoms with Crippen LogP contribution in [0.25, 0.3) is 0 Å². The number of carbonyl (C=O) groups is 1. The lowest BCUT2D eigenvalue weighted by Gasteiger charge is -2.37. The molecule has 0 bridgehead atoms. The minimum Gasteiger partial charge on any atom is -0.335 e. The highest BCUT2D eigenvalue weighted by Crippen LogP contribution is 2.32. The Kier molecular flexibility index (Phi) is 6.29. The molecule has 154 valence electrons. The monoisotopic (exact) mass is 394 g/mol. The van der Waals surface area contributed by atoms with Crippen molar-refractivity contribution in [1.82, 2.24) is 10.2 Å². The molecule has 4 heteroatoms. The molecule has 3 nitrogen and oxygen atoms in total. The number of nitrogens with one attached hydrogen (secondary N) is 1. The summed E-state index contributed by atoms with van der Waals surface area (Å²) in [6, 6.07) is 15.2. The molecular formula is C25H31FN2O. The fourth-order valence-electron chi connectivity index (χ4n) is 4.96. The minimum atomic E-state index is -0.187. The van der Waals surface area contributed by atoms with Crippen LogP contribution in [0.4, 0.5) is 4.39 Å². The zero-order chi connectivity index (χ0) is 20.2. The standard InChI is InChI=1S/C25H31FN2O/c1-18-10-12-19(13-11-18)25(29)28(23-8-3-2-4-9-23)17-21-15-27-16-24(21)20-6-5-7-22(26)14-20/h5-7,10-14,21,23-24,27H,2-4,8-9,15-17H2,1H3. The number of nitrogens with zero attached hydrogens (tertiary/aromatic N) is 1. The first-order valence-corrected chi connectivity index (χ1v) is 11.0. The summed E-state index contributed by atoms with van der Waals surface area (Å²) >= 11 is 0. The third kappa shape index (κ3) is 4.69. The lowest BCUT2D eigenvalue weighted by Crippen LogP contribution is -2.45. The van der Waals surface area contributed by atoms with Gasteiger partial charge in [0, 0.05) is 37.2 Å². The number of halogens is 1. The molecule has 1 aliphatic heterocycles. The zero-order valence-corrected chi connectivity index (χ0v) is 17.2. The maximum Gasteiger partial charge on any atom is 0.254 e. The molecule has 0 aromatic heterocycles. The van der Waals surface area contributed by atoms with Gasteiger partial charge in [-0.1, -0.05) is 49.1 Å². The summed E-state index contributed by atoms with van der Waals surface area (Å²) < 4.78 is 13.8. The van der Waals surface area contributed by atoms with E-state index in [9.17, 15) is 9.18 Å². The first-order valence-electron chi connectivity index (χ1n) is 11.0. The third-order valence-corrected chi connectivity index (χ3v) is 6.62. The number of carbonyl (C=O) groups excluding carboxylic acids is 1. The fourth-order valence-corrected chi connectivity index (χ4v) is 4.96. The van der Waals surface area contributed by atoms with Gasteiger partial charge in [0.15, 0.2) is 0 Å². The number of amides is 1. The minimum absolute atomic E-state index is 0.141. The van der Waals surface area contributed by atoms with Gasteiger partial charge < -0.3 is 10.2 Å². The molecule has 2 unspecified atom stereocenters. The van der Waals surface area contributed by atoms with E-state index in [0.717, 1.165) is 49.2 Å². The van der Waals surface area contributed by atoms with Crippen molar-refractivity contribution in [2.45, 2.75) is 51.0 Å². The third-order valence-electron chi connectivity index (χ3n) is 6.62. The maximum absolute atomic E-state index is 13.8. The predicted molar refractivity (Wildman–Crippen MR) is 115 cm³/mol. The van der Waals surface area contributed by atoms with Crippen LogP contribution in [0.1, 0.15) is 59.5 Å².